The first-order valence-corrected chi connectivity index (χ1v) is 8.83. The normalized spacial score (nSPS) is 16.8. The van der Waals surface area contributed by atoms with Crippen LogP contribution in [0.15, 0.2) is 36.4 Å². The van der Waals surface area contributed by atoms with Crippen LogP contribution >= 0.6 is 11.6 Å². The number of benzene rings is 2. The highest BCUT2D eigenvalue weighted by Crippen LogP contribution is 2.38. The molecule has 0 spiro atoms. The fourth-order valence-electron chi connectivity index (χ4n) is 3.47. The molecule has 4 heteroatoms. The molecule has 0 saturated carbocycles. The molecule has 1 saturated heterocycles. The maximum Gasteiger partial charge on any atom is 0.124 e. The van der Waals surface area contributed by atoms with Gasteiger partial charge in [0, 0.05) is 36.8 Å². The number of aryl methyl sites for hydroxylation is 2. The zero-order chi connectivity index (χ0) is 17.1. The van der Waals surface area contributed by atoms with Crippen molar-refractivity contribution in [1.82, 2.24) is 10.2 Å². The lowest BCUT2D eigenvalue weighted by Gasteiger charge is -2.37. The van der Waals surface area contributed by atoms with Crippen molar-refractivity contribution in [2.24, 2.45) is 0 Å². The maximum absolute atomic E-state index is 6.33. The van der Waals surface area contributed by atoms with Crippen LogP contribution in [0, 0.1) is 13.8 Å². The van der Waals surface area contributed by atoms with E-state index in [0.29, 0.717) is 0 Å². The molecule has 0 amide bonds. The molecule has 0 bridgehead atoms. The number of hydrogen-bond donors (Lipinski definition) is 1. The highest BCUT2D eigenvalue weighted by atomic mass is 35.5. The van der Waals surface area contributed by atoms with E-state index in [0.717, 1.165) is 42.5 Å². The smallest absolute Gasteiger partial charge is 0.124 e. The average molecular weight is 345 g/mol. The van der Waals surface area contributed by atoms with Crippen LogP contribution in [-0.4, -0.2) is 38.2 Å². The third-order valence-electron chi connectivity index (χ3n) is 4.73. The fraction of sp³-hybridized carbons (Fsp3) is 0.400. The summed E-state index contributed by atoms with van der Waals surface area (Å²) in [7, 11) is 1.73. The van der Waals surface area contributed by atoms with Gasteiger partial charge in [-0.05, 0) is 43.2 Å². The number of halogens is 1. The first kappa shape index (κ1) is 17.3. The lowest BCUT2D eigenvalue weighted by molar-refractivity contribution is 0.195. The number of nitrogens with one attached hydrogen (secondary N) is 1. The van der Waals surface area contributed by atoms with Crippen LogP contribution in [0.1, 0.15) is 28.3 Å². The molecular formula is C20H25ClN2O. The van der Waals surface area contributed by atoms with Gasteiger partial charge in [0.25, 0.3) is 0 Å². The van der Waals surface area contributed by atoms with Gasteiger partial charge >= 0.3 is 0 Å². The number of hydrogen-bond acceptors (Lipinski definition) is 3. The number of ether oxygens (including phenoxy) is 1. The van der Waals surface area contributed by atoms with Crippen molar-refractivity contribution in [3.8, 4) is 5.75 Å². The standard InChI is InChI=1S/C20H25ClN2O/c1-14-4-5-15(2)17(12-14)20(23-10-8-22-9-11-23)18-13-16(21)6-7-19(18)24-3/h4-7,12-13,20,22H,8-11H2,1-3H3. The molecule has 1 N–H and O–H groups in total. The molecule has 1 aliphatic rings. The molecule has 1 fully saturated rings. The van der Waals surface area contributed by atoms with Gasteiger partial charge in [0.2, 0.25) is 0 Å². The molecule has 0 aliphatic carbocycles. The molecule has 1 unspecified atom stereocenters. The van der Waals surface area contributed by atoms with Crippen LogP contribution in [0.5, 0.6) is 5.75 Å². The Morgan fingerprint density at radius 1 is 1.04 bits per heavy atom. The highest BCUT2D eigenvalue weighted by molar-refractivity contribution is 6.30. The van der Waals surface area contributed by atoms with Gasteiger partial charge in [0.15, 0.2) is 0 Å². The van der Waals surface area contributed by atoms with Crippen LogP contribution in [0.25, 0.3) is 0 Å². The quantitative estimate of drug-likeness (QED) is 0.908. The van der Waals surface area contributed by atoms with Crippen molar-refractivity contribution in [2.75, 3.05) is 33.3 Å². The Morgan fingerprint density at radius 2 is 1.79 bits per heavy atom. The predicted molar refractivity (Wildman–Crippen MR) is 100 cm³/mol. The first-order chi connectivity index (χ1) is 11.6. The molecule has 3 nitrogen and oxygen atoms in total. The van der Waals surface area contributed by atoms with Gasteiger partial charge in [-0.1, -0.05) is 35.4 Å². The Bertz CT molecular complexity index is 711. The van der Waals surface area contributed by atoms with Gasteiger partial charge < -0.3 is 10.1 Å². The Balaban J connectivity index is 2.15. The van der Waals surface area contributed by atoms with Gasteiger partial charge in [0.05, 0.1) is 13.2 Å². The highest BCUT2D eigenvalue weighted by Gasteiger charge is 2.28. The van der Waals surface area contributed by atoms with E-state index in [1.807, 2.05) is 12.1 Å². The minimum Gasteiger partial charge on any atom is -0.496 e. The number of nitrogens with zero attached hydrogens (tertiary/aromatic N) is 1. The molecule has 1 atom stereocenters. The Hall–Kier alpha value is -1.55. The monoisotopic (exact) mass is 344 g/mol. The average Bonchev–Trinajstić information content (AvgIpc) is 2.59. The Labute approximate surface area is 149 Å². The minimum atomic E-state index is 0.153. The summed E-state index contributed by atoms with van der Waals surface area (Å²) < 4.78 is 5.66. The van der Waals surface area contributed by atoms with Gasteiger partial charge in [0.1, 0.15) is 5.75 Å². The van der Waals surface area contributed by atoms with Crippen molar-refractivity contribution < 1.29 is 4.74 Å². The second kappa shape index (κ2) is 7.56. The van der Waals surface area contributed by atoms with Crippen molar-refractivity contribution in [3.63, 3.8) is 0 Å². The number of rotatable bonds is 4. The summed E-state index contributed by atoms with van der Waals surface area (Å²) >= 11 is 6.33. The topological polar surface area (TPSA) is 24.5 Å². The SMILES string of the molecule is COc1ccc(Cl)cc1C(c1cc(C)ccc1C)N1CCNCC1. The zero-order valence-electron chi connectivity index (χ0n) is 14.6. The third-order valence-corrected chi connectivity index (χ3v) is 4.97. The minimum absolute atomic E-state index is 0.153. The summed E-state index contributed by atoms with van der Waals surface area (Å²) in [6.45, 7) is 8.35. The molecule has 24 heavy (non-hydrogen) atoms. The first-order valence-electron chi connectivity index (χ1n) is 8.45. The summed E-state index contributed by atoms with van der Waals surface area (Å²) in [5.41, 5.74) is 5.04. The van der Waals surface area contributed by atoms with Gasteiger partial charge in [-0.25, -0.2) is 0 Å². The van der Waals surface area contributed by atoms with Crippen LogP contribution in [0.2, 0.25) is 5.02 Å². The van der Waals surface area contributed by atoms with E-state index in [2.05, 4.69) is 48.3 Å². The summed E-state index contributed by atoms with van der Waals surface area (Å²) in [6, 6.07) is 12.7. The molecule has 1 aliphatic heterocycles. The van der Waals surface area contributed by atoms with E-state index in [4.69, 9.17) is 16.3 Å². The lowest BCUT2D eigenvalue weighted by atomic mass is 9.91. The van der Waals surface area contributed by atoms with E-state index in [9.17, 15) is 0 Å². The van der Waals surface area contributed by atoms with Crippen molar-refractivity contribution in [3.05, 3.63) is 63.7 Å². The molecule has 3 rings (SSSR count). The van der Waals surface area contributed by atoms with Crippen LogP contribution in [-0.2, 0) is 0 Å². The van der Waals surface area contributed by atoms with Gasteiger partial charge in [-0.15, -0.1) is 0 Å². The molecule has 2 aromatic rings. The van der Waals surface area contributed by atoms with Crippen molar-refractivity contribution >= 4 is 11.6 Å². The summed E-state index contributed by atoms with van der Waals surface area (Å²) in [4.78, 5) is 2.52. The molecule has 0 radical (unpaired) electrons. The van der Waals surface area contributed by atoms with E-state index >= 15 is 0 Å². The summed E-state index contributed by atoms with van der Waals surface area (Å²) in [5.74, 6) is 0.892. The lowest BCUT2D eigenvalue weighted by Crippen LogP contribution is -2.45. The Morgan fingerprint density at radius 3 is 2.50 bits per heavy atom. The van der Waals surface area contributed by atoms with Gasteiger partial charge in [-0.3, -0.25) is 4.90 Å². The fourth-order valence-corrected chi connectivity index (χ4v) is 3.66. The number of methoxy groups -OCH3 is 1. The molecule has 128 valence electrons. The van der Waals surface area contributed by atoms with E-state index in [1.54, 1.807) is 7.11 Å². The van der Waals surface area contributed by atoms with Crippen LogP contribution in [0.4, 0.5) is 0 Å². The zero-order valence-corrected chi connectivity index (χ0v) is 15.4. The van der Waals surface area contributed by atoms with E-state index in [-0.39, 0.29) is 6.04 Å². The second-order valence-electron chi connectivity index (χ2n) is 6.43. The van der Waals surface area contributed by atoms with E-state index in [1.165, 1.54) is 16.7 Å². The van der Waals surface area contributed by atoms with E-state index < -0.39 is 0 Å². The van der Waals surface area contributed by atoms with Gasteiger partial charge in [-0.2, -0.15) is 0 Å². The molecule has 1 heterocycles. The predicted octanol–water partition coefficient (Wildman–Crippen LogP) is 3.96. The third kappa shape index (κ3) is 3.59. The summed E-state index contributed by atoms with van der Waals surface area (Å²) in [5, 5.41) is 4.19. The van der Waals surface area contributed by atoms with Crippen LogP contribution in [0.3, 0.4) is 0 Å². The molecular weight excluding hydrogens is 320 g/mol. The second-order valence-corrected chi connectivity index (χ2v) is 6.87. The molecule has 0 aromatic heterocycles. The van der Waals surface area contributed by atoms with Crippen molar-refractivity contribution in [2.45, 2.75) is 19.9 Å². The summed E-state index contributed by atoms with van der Waals surface area (Å²) in [6.07, 6.45) is 0. The number of piperazine rings is 1. The largest absolute Gasteiger partial charge is 0.496 e. The van der Waals surface area contributed by atoms with Crippen molar-refractivity contribution in [1.29, 1.82) is 0 Å². The maximum atomic E-state index is 6.33. The molecule has 2 aromatic carbocycles. The Kier molecular flexibility index (Phi) is 5.44. The van der Waals surface area contributed by atoms with Crippen LogP contribution < -0.4 is 10.1 Å².